The Balaban J connectivity index is 1.41. The Labute approximate surface area is 204 Å². The first-order valence-corrected chi connectivity index (χ1v) is 12.2. The molecule has 188 valence electrons. The number of piperazine rings is 1. The summed E-state index contributed by atoms with van der Waals surface area (Å²) in [4.78, 5) is 16.4. The lowest BCUT2D eigenvalue weighted by Gasteiger charge is -2.35. The van der Waals surface area contributed by atoms with Crippen LogP contribution in [0.4, 0.5) is 4.79 Å². The van der Waals surface area contributed by atoms with Gasteiger partial charge in [0.1, 0.15) is 23.7 Å². The van der Waals surface area contributed by atoms with Crippen molar-refractivity contribution in [1.82, 2.24) is 24.8 Å². The van der Waals surface area contributed by atoms with Crippen molar-refractivity contribution in [1.29, 1.82) is 0 Å². The average Bonchev–Trinajstić information content (AvgIpc) is 3.19. The SMILES string of the molecule is Cc1ccc(OCc2cn(CCCN3CCN(C(=O)OC(C)(C)C)CC3)nn2)c(C(C)(C)C)c1. The molecule has 34 heavy (non-hydrogen) atoms. The monoisotopic (exact) mass is 471 g/mol. The van der Waals surface area contributed by atoms with E-state index in [4.69, 9.17) is 9.47 Å². The highest BCUT2D eigenvalue weighted by Gasteiger charge is 2.25. The molecule has 0 bridgehead atoms. The van der Waals surface area contributed by atoms with Crippen molar-refractivity contribution >= 4 is 6.09 Å². The summed E-state index contributed by atoms with van der Waals surface area (Å²) < 4.78 is 13.5. The molecule has 0 spiro atoms. The van der Waals surface area contributed by atoms with Gasteiger partial charge in [0.2, 0.25) is 0 Å². The Bertz CT molecular complexity index is 950. The second-order valence-electron chi connectivity index (χ2n) is 11.2. The summed E-state index contributed by atoms with van der Waals surface area (Å²) in [6.07, 6.45) is 2.72. The minimum Gasteiger partial charge on any atom is -0.487 e. The Kier molecular flexibility index (Phi) is 8.23. The van der Waals surface area contributed by atoms with Gasteiger partial charge in [-0.2, -0.15) is 0 Å². The largest absolute Gasteiger partial charge is 0.487 e. The highest BCUT2D eigenvalue weighted by molar-refractivity contribution is 5.68. The molecule has 1 aromatic heterocycles. The summed E-state index contributed by atoms with van der Waals surface area (Å²) in [5.41, 5.74) is 2.81. The first-order chi connectivity index (χ1) is 15.9. The van der Waals surface area contributed by atoms with Gasteiger partial charge in [-0.25, -0.2) is 4.79 Å². The van der Waals surface area contributed by atoms with Crippen LogP contribution in [-0.2, 0) is 23.3 Å². The summed E-state index contributed by atoms with van der Waals surface area (Å²) in [7, 11) is 0. The van der Waals surface area contributed by atoms with Crippen LogP contribution in [0, 0.1) is 6.92 Å². The van der Waals surface area contributed by atoms with Crippen molar-refractivity contribution in [3.63, 3.8) is 0 Å². The van der Waals surface area contributed by atoms with E-state index >= 15 is 0 Å². The maximum Gasteiger partial charge on any atom is 0.410 e. The van der Waals surface area contributed by atoms with Crippen molar-refractivity contribution in [2.45, 2.75) is 79.1 Å². The molecule has 1 aliphatic rings. The minimum absolute atomic E-state index is 0.0113. The van der Waals surface area contributed by atoms with E-state index in [1.807, 2.05) is 37.7 Å². The third-order valence-corrected chi connectivity index (χ3v) is 5.79. The van der Waals surface area contributed by atoms with E-state index in [0.29, 0.717) is 19.7 Å². The van der Waals surface area contributed by atoms with Crippen molar-refractivity contribution < 1.29 is 14.3 Å². The highest BCUT2D eigenvalue weighted by atomic mass is 16.6. The van der Waals surface area contributed by atoms with Crippen LogP contribution in [0.5, 0.6) is 5.75 Å². The number of amides is 1. The minimum atomic E-state index is -0.453. The van der Waals surface area contributed by atoms with Crippen LogP contribution in [0.2, 0.25) is 0 Å². The Hall–Kier alpha value is -2.61. The number of aromatic nitrogens is 3. The van der Waals surface area contributed by atoms with E-state index in [1.54, 1.807) is 4.90 Å². The van der Waals surface area contributed by atoms with Gasteiger partial charge in [-0.1, -0.05) is 43.7 Å². The van der Waals surface area contributed by atoms with Crippen molar-refractivity contribution in [2.24, 2.45) is 0 Å². The van der Waals surface area contributed by atoms with E-state index in [2.05, 4.69) is 55.0 Å². The molecule has 0 N–H and O–H groups in total. The fourth-order valence-electron chi connectivity index (χ4n) is 3.96. The molecular weight excluding hydrogens is 430 g/mol. The zero-order chi connectivity index (χ0) is 24.9. The smallest absolute Gasteiger partial charge is 0.410 e. The van der Waals surface area contributed by atoms with E-state index in [-0.39, 0.29) is 11.5 Å². The fraction of sp³-hybridized carbons (Fsp3) is 0.654. The van der Waals surface area contributed by atoms with Crippen LogP contribution in [0.25, 0.3) is 0 Å². The van der Waals surface area contributed by atoms with Crippen LogP contribution in [0.3, 0.4) is 0 Å². The van der Waals surface area contributed by atoms with Gasteiger partial charge in [-0.05, 0) is 51.2 Å². The summed E-state index contributed by atoms with van der Waals surface area (Å²) in [5.74, 6) is 0.901. The van der Waals surface area contributed by atoms with Gasteiger partial charge >= 0.3 is 6.09 Å². The van der Waals surface area contributed by atoms with Crippen molar-refractivity contribution in [3.05, 3.63) is 41.2 Å². The van der Waals surface area contributed by atoms with Gasteiger partial charge in [0.25, 0.3) is 0 Å². The summed E-state index contributed by atoms with van der Waals surface area (Å²) in [6.45, 7) is 19.7. The number of nitrogens with zero attached hydrogens (tertiary/aromatic N) is 5. The Morgan fingerprint density at radius 1 is 1.03 bits per heavy atom. The van der Waals surface area contributed by atoms with Crippen LogP contribution in [-0.4, -0.2) is 69.2 Å². The molecule has 1 amide bonds. The molecule has 2 aromatic rings. The van der Waals surface area contributed by atoms with Crippen LogP contribution < -0.4 is 4.74 Å². The lowest BCUT2D eigenvalue weighted by atomic mass is 9.85. The molecule has 3 rings (SSSR count). The van der Waals surface area contributed by atoms with Crippen LogP contribution >= 0.6 is 0 Å². The first kappa shape index (κ1) is 26.0. The van der Waals surface area contributed by atoms with Crippen molar-refractivity contribution in [3.8, 4) is 5.75 Å². The fourth-order valence-corrected chi connectivity index (χ4v) is 3.96. The van der Waals surface area contributed by atoms with Gasteiger partial charge < -0.3 is 14.4 Å². The van der Waals surface area contributed by atoms with Gasteiger partial charge in [0.15, 0.2) is 0 Å². The molecule has 8 nitrogen and oxygen atoms in total. The summed E-state index contributed by atoms with van der Waals surface area (Å²) in [6, 6.07) is 6.32. The molecule has 1 aliphatic heterocycles. The van der Waals surface area contributed by atoms with E-state index in [0.717, 1.165) is 44.0 Å². The predicted molar refractivity (Wildman–Crippen MR) is 133 cm³/mol. The maximum absolute atomic E-state index is 12.2. The molecule has 0 radical (unpaired) electrons. The molecule has 1 aromatic carbocycles. The second-order valence-corrected chi connectivity index (χ2v) is 11.2. The summed E-state index contributed by atoms with van der Waals surface area (Å²) >= 11 is 0. The topological polar surface area (TPSA) is 72.7 Å². The number of ether oxygens (including phenoxy) is 2. The summed E-state index contributed by atoms with van der Waals surface area (Å²) in [5, 5.41) is 8.55. The number of hydrogen-bond acceptors (Lipinski definition) is 6. The Morgan fingerprint density at radius 3 is 2.38 bits per heavy atom. The predicted octanol–water partition coefficient (Wildman–Crippen LogP) is 4.41. The van der Waals surface area contributed by atoms with Crippen LogP contribution in [0.15, 0.2) is 24.4 Å². The quantitative estimate of drug-likeness (QED) is 0.596. The Morgan fingerprint density at radius 2 is 1.74 bits per heavy atom. The number of hydrogen-bond donors (Lipinski definition) is 0. The molecule has 1 saturated heterocycles. The third-order valence-electron chi connectivity index (χ3n) is 5.79. The lowest BCUT2D eigenvalue weighted by molar-refractivity contribution is 0.0143. The number of aryl methyl sites for hydroxylation is 2. The highest BCUT2D eigenvalue weighted by Crippen LogP contribution is 2.32. The first-order valence-electron chi connectivity index (χ1n) is 12.2. The number of carbonyl (C=O) groups excluding carboxylic acids is 1. The van der Waals surface area contributed by atoms with E-state index < -0.39 is 5.60 Å². The molecule has 2 heterocycles. The second kappa shape index (κ2) is 10.8. The van der Waals surface area contributed by atoms with Gasteiger partial charge in [0, 0.05) is 39.3 Å². The zero-order valence-corrected chi connectivity index (χ0v) is 21.9. The normalized spacial score (nSPS) is 15.4. The number of benzene rings is 1. The lowest BCUT2D eigenvalue weighted by Crippen LogP contribution is -2.50. The molecule has 8 heteroatoms. The van der Waals surface area contributed by atoms with Gasteiger partial charge in [-0.15, -0.1) is 5.10 Å². The van der Waals surface area contributed by atoms with Gasteiger partial charge in [-0.3, -0.25) is 9.58 Å². The standard InChI is InChI=1S/C26H41N5O3/c1-20-9-10-23(22(17-20)25(2,3)4)33-19-21-18-31(28-27-21)12-8-11-29-13-15-30(16-14-29)24(32)34-26(5,6)7/h9-10,17-18H,8,11-16,19H2,1-7H3. The van der Waals surface area contributed by atoms with E-state index in [9.17, 15) is 4.79 Å². The van der Waals surface area contributed by atoms with Crippen molar-refractivity contribution in [2.75, 3.05) is 32.7 Å². The molecule has 0 unspecified atom stereocenters. The molecule has 0 aliphatic carbocycles. The van der Waals surface area contributed by atoms with Gasteiger partial charge in [0.05, 0.1) is 6.20 Å². The van der Waals surface area contributed by atoms with Crippen LogP contribution in [0.1, 0.15) is 64.8 Å². The average molecular weight is 472 g/mol. The number of carbonyl (C=O) groups is 1. The molecule has 0 atom stereocenters. The number of rotatable bonds is 7. The maximum atomic E-state index is 12.2. The third kappa shape index (κ3) is 7.72. The molecular formula is C26H41N5O3. The molecule has 1 fully saturated rings. The zero-order valence-electron chi connectivity index (χ0n) is 21.9. The van der Waals surface area contributed by atoms with E-state index in [1.165, 1.54) is 11.1 Å². The molecule has 0 saturated carbocycles.